The Labute approximate surface area is 117 Å². The Morgan fingerprint density at radius 1 is 1.32 bits per heavy atom. The number of aromatic nitrogens is 1. The van der Waals surface area contributed by atoms with Crippen LogP contribution in [0.4, 0.5) is 5.69 Å². The summed E-state index contributed by atoms with van der Waals surface area (Å²) >= 11 is 1.64. The molecule has 2 aromatic rings. The van der Waals surface area contributed by atoms with Gasteiger partial charge in [-0.15, -0.1) is 11.3 Å². The van der Waals surface area contributed by atoms with Crippen LogP contribution in [-0.4, -0.2) is 10.9 Å². The summed E-state index contributed by atoms with van der Waals surface area (Å²) in [6, 6.07) is 6.12. The van der Waals surface area contributed by atoms with E-state index < -0.39 is 0 Å². The first kappa shape index (κ1) is 13.5. The van der Waals surface area contributed by atoms with E-state index in [1.54, 1.807) is 11.3 Å². The Bertz CT molecular complexity index is 601. The summed E-state index contributed by atoms with van der Waals surface area (Å²) in [5.74, 6) is 0.413. The summed E-state index contributed by atoms with van der Waals surface area (Å²) in [4.78, 5) is 9.72. The van der Waals surface area contributed by atoms with Crippen molar-refractivity contribution in [1.82, 2.24) is 4.98 Å². The maximum Gasteiger partial charge on any atom is 0.193 e. The van der Waals surface area contributed by atoms with Gasteiger partial charge in [0.2, 0.25) is 0 Å². The number of nitrogens with two attached hydrogens (primary N) is 1. The number of aliphatic imine (C=N–C) groups is 1. The molecule has 1 aromatic carbocycles. The fourth-order valence-electron chi connectivity index (χ4n) is 1.63. The molecule has 0 aliphatic carbocycles. The van der Waals surface area contributed by atoms with E-state index in [0.717, 1.165) is 10.7 Å². The highest BCUT2D eigenvalue weighted by Crippen LogP contribution is 2.14. The van der Waals surface area contributed by atoms with Gasteiger partial charge in [0.05, 0.1) is 6.54 Å². The highest BCUT2D eigenvalue weighted by Gasteiger charge is 2.00. The van der Waals surface area contributed by atoms with Crippen molar-refractivity contribution in [2.75, 3.05) is 5.32 Å². The second-order valence-electron chi connectivity index (χ2n) is 4.49. The SMILES string of the molecule is Cc1cnc(CN=C(N)Nc2ccc(C)c(C)c2)s1. The number of aryl methyl sites for hydroxylation is 3. The number of anilines is 1. The molecule has 0 radical (unpaired) electrons. The van der Waals surface area contributed by atoms with E-state index in [1.807, 2.05) is 19.2 Å². The number of hydrogen-bond donors (Lipinski definition) is 2. The molecule has 0 amide bonds. The number of thiazole rings is 1. The van der Waals surface area contributed by atoms with Crippen LogP contribution in [-0.2, 0) is 6.54 Å². The molecular weight excluding hydrogens is 256 g/mol. The van der Waals surface area contributed by atoms with Crippen LogP contribution in [0, 0.1) is 20.8 Å². The minimum Gasteiger partial charge on any atom is -0.370 e. The van der Waals surface area contributed by atoms with Crippen LogP contribution in [0.2, 0.25) is 0 Å². The van der Waals surface area contributed by atoms with Crippen LogP contribution in [0.15, 0.2) is 29.4 Å². The number of benzene rings is 1. The highest BCUT2D eigenvalue weighted by molar-refractivity contribution is 7.11. The molecule has 1 heterocycles. The van der Waals surface area contributed by atoms with Gasteiger partial charge in [0, 0.05) is 16.8 Å². The van der Waals surface area contributed by atoms with Gasteiger partial charge in [-0.05, 0) is 44.0 Å². The van der Waals surface area contributed by atoms with Crippen LogP contribution in [0.3, 0.4) is 0 Å². The van der Waals surface area contributed by atoms with Gasteiger partial charge in [0.1, 0.15) is 5.01 Å². The third-order valence-electron chi connectivity index (χ3n) is 2.83. The van der Waals surface area contributed by atoms with E-state index in [-0.39, 0.29) is 0 Å². The zero-order valence-electron chi connectivity index (χ0n) is 11.4. The number of nitrogens with one attached hydrogen (secondary N) is 1. The molecule has 0 unspecified atom stereocenters. The molecule has 4 nitrogen and oxygen atoms in total. The molecule has 1 aromatic heterocycles. The van der Waals surface area contributed by atoms with Crippen LogP contribution >= 0.6 is 11.3 Å². The number of guanidine groups is 1. The largest absolute Gasteiger partial charge is 0.370 e. The van der Waals surface area contributed by atoms with Crippen molar-refractivity contribution in [1.29, 1.82) is 0 Å². The molecule has 0 spiro atoms. The highest BCUT2D eigenvalue weighted by atomic mass is 32.1. The quantitative estimate of drug-likeness (QED) is 0.668. The molecule has 0 fully saturated rings. The Hall–Kier alpha value is -1.88. The fraction of sp³-hybridized carbons (Fsp3) is 0.286. The van der Waals surface area contributed by atoms with Gasteiger partial charge in [-0.1, -0.05) is 6.07 Å². The monoisotopic (exact) mass is 274 g/mol. The van der Waals surface area contributed by atoms with Crippen molar-refractivity contribution < 1.29 is 0 Å². The van der Waals surface area contributed by atoms with Crippen molar-refractivity contribution in [2.45, 2.75) is 27.3 Å². The minimum atomic E-state index is 0.413. The molecule has 100 valence electrons. The van der Waals surface area contributed by atoms with Gasteiger partial charge in [0.15, 0.2) is 5.96 Å². The summed E-state index contributed by atoms with van der Waals surface area (Å²) < 4.78 is 0. The second kappa shape index (κ2) is 5.84. The van der Waals surface area contributed by atoms with Gasteiger partial charge in [-0.2, -0.15) is 0 Å². The van der Waals surface area contributed by atoms with Gasteiger partial charge >= 0.3 is 0 Å². The van der Waals surface area contributed by atoms with Crippen LogP contribution in [0.5, 0.6) is 0 Å². The summed E-state index contributed by atoms with van der Waals surface area (Å²) in [5, 5.41) is 4.07. The third-order valence-corrected chi connectivity index (χ3v) is 3.73. The number of nitrogens with zero attached hydrogens (tertiary/aromatic N) is 2. The lowest BCUT2D eigenvalue weighted by molar-refractivity contribution is 1.03. The van der Waals surface area contributed by atoms with Crippen LogP contribution in [0.25, 0.3) is 0 Å². The number of rotatable bonds is 3. The maximum atomic E-state index is 5.86. The van der Waals surface area contributed by atoms with Crippen molar-refractivity contribution in [3.05, 3.63) is 45.4 Å². The van der Waals surface area contributed by atoms with Gasteiger partial charge in [-0.25, -0.2) is 9.98 Å². The normalized spacial score (nSPS) is 11.6. The van der Waals surface area contributed by atoms with Gasteiger partial charge < -0.3 is 11.1 Å². The van der Waals surface area contributed by atoms with E-state index in [0.29, 0.717) is 12.5 Å². The van der Waals surface area contributed by atoms with Gasteiger partial charge in [-0.3, -0.25) is 0 Å². The summed E-state index contributed by atoms with van der Waals surface area (Å²) in [7, 11) is 0. The van der Waals surface area contributed by atoms with E-state index >= 15 is 0 Å². The van der Waals surface area contributed by atoms with Crippen LogP contribution < -0.4 is 11.1 Å². The molecule has 0 saturated carbocycles. The third kappa shape index (κ3) is 3.79. The lowest BCUT2D eigenvalue weighted by Crippen LogP contribution is -2.22. The lowest BCUT2D eigenvalue weighted by Gasteiger charge is -2.07. The average molecular weight is 274 g/mol. The number of hydrogen-bond acceptors (Lipinski definition) is 3. The van der Waals surface area contributed by atoms with E-state index in [2.05, 4.69) is 41.3 Å². The second-order valence-corrected chi connectivity index (χ2v) is 5.81. The zero-order chi connectivity index (χ0) is 13.8. The molecule has 5 heteroatoms. The molecule has 0 aliphatic heterocycles. The first-order valence-electron chi connectivity index (χ1n) is 6.10. The Morgan fingerprint density at radius 2 is 2.11 bits per heavy atom. The van der Waals surface area contributed by atoms with E-state index in [9.17, 15) is 0 Å². The molecule has 0 bridgehead atoms. The standard InChI is InChI=1S/C14H18N4S/c1-9-4-5-12(6-10(9)2)18-14(15)17-8-13-16-7-11(3)19-13/h4-7H,8H2,1-3H3,(H3,15,17,18). The predicted octanol–water partition coefficient (Wildman–Crippen LogP) is 3.00. The molecule has 2 rings (SSSR count). The topological polar surface area (TPSA) is 63.3 Å². The van der Waals surface area contributed by atoms with E-state index in [4.69, 9.17) is 5.73 Å². The average Bonchev–Trinajstić information content (AvgIpc) is 2.77. The Morgan fingerprint density at radius 3 is 2.74 bits per heavy atom. The summed E-state index contributed by atoms with van der Waals surface area (Å²) in [6.45, 7) is 6.71. The maximum absolute atomic E-state index is 5.86. The molecule has 0 atom stereocenters. The molecule has 0 saturated heterocycles. The first-order valence-corrected chi connectivity index (χ1v) is 6.92. The molecular formula is C14H18N4S. The predicted molar refractivity (Wildman–Crippen MR) is 81.7 cm³/mol. The van der Waals surface area contributed by atoms with E-state index in [1.165, 1.54) is 16.0 Å². The van der Waals surface area contributed by atoms with Crippen molar-refractivity contribution >= 4 is 23.0 Å². The Balaban J connectivity index is 1.99. The smallest absolute Gasteiger partial charge is 0.193 e. The van der Waals surface area contributed by atoms with Crippen LogP contribution in [0.1, 0.15) is 21.0 Å². The van der Waals surface area contributed by atoms with Crippen molar-refractivity contribution in [2.24, 2.45) is 10.7 Å². The molecule has 19 heavy (non-hydrogen) atoms. The fourth-order valence-corrected chi connectivity index (χ4v) is 2.35. The zero-order valence-corrected chi connectivity index (χ0v) is 12.2. The first-order chi connectivity index (χ1) is 9.04. The summed E-state index contributed by atoms with van der Waals surface area (Å²) in [5.41, 5.74) is 9.32. The minimum absolute atomic E-state index is 0.413. The van der Waals surface area contributed by atoms with Crippen molar-refractivity contribution in [3.63, 3.8) is 0 Å². The molecule has 3 N–H and O–H groups in total. The lowest BCUT2D eigenvalue weighted by atomic mass is 10.1. The van der Waals surface area contributed by atoms with Gasteiger partial charge in [0.25, 0.3) is 0 Å². The Kier molecular flexibility index (Phi) is 4.16. The molecule has 0 aliphatic rings. The van der Waals surface area contributed by atoms with Crippen molar-refractivity contribution in [3.8, 4) is 0 Å². The summed E-state index contributed by atoms with van der Waals surface area (Å²) in [6.07, 6.45) is 1.85.